The molecule has 0 aliphatic carbocycles. The van der Waals surface area contributed by atoms with Crippen molar-refractivity contribution in [1.29, 1.82) is 0 Å². The number of hydrogen-bond acceptors (Lipinski definition) is 3. The summed E-state index contributed by atoms with van der Waals surface area (Å²) in [6, 6.07) is 3.42. The summed E-state index contributed by atoms with van der Waals surface area (Å²) in [5.41, 5.74) is 10.3. The molecular formula is C12H17N3O2. The van der Waals surface area contributed by atoms with E-state index < -0.39 is 6.03 Å². The van der Waals surface area contributed by atoms with Gasteiger partial charge in [0.25, 0.3) is 0 Å². The van der Waals surface area contributed by atoms with E-state index in [1.54, 1.807) is 0 Å². The Morgan fingerprint density at radius 3 is 2.53 bits per heavy atom. The minimum absolute atomic E-state index is 0.283. The number of carbonyl (C=O) groups is 1. The Hall–Kier alpha value is -2.04. The normalized spacial score (nSPS) is 10.5. The molecule has 0 fully saturated rings. The van der Waals surface area contributed by atoms with E-state index in [4.69, 9.17) is 10.5 Å². The number of ether oxygens (including phenoxy) is 1. The van der Waals surface area contributed by atoms with Crippen LogP contribution in [0.3, 0.4) is 0 Å². The molecule has 92 valence electrons. The van der Waals surface area contributed by atoms with Crippen molar-refractivity contribution in [1.82, 2.24) is 5.43 Å². The Balaban J connectivity index is 2.58. The van der Waals surface area contributed by atoms with Crippen molar-refractivity contribution in [3.63, 3.8) is 0 Å². The van der Waals surface area contributed by atoms with Crippen molar-refractivity contribution in [2.75, 3.05) is 6.61 Å². The number of benzene rings is 1. The van der Waals surface area contributed by atoms with Gasteiger partial charge in [-0.2, -0.15) is 5.10 Å². The average Bonchev–Trinajstić information content (AvgIpc) is 2.20. The first kappa shape index (κ1) is 13.0. The van der Waals surface area contributed by atoms with Gasteiger partial charge in [-0.05, 0) is 31.9 Å². The molecule has 0 aliphatic rings. The number of hydrazone groups is 1. The molecular weight excluding hydrogens is 218 g/mol. The fraction of sp³-hybridized carbons (Fsp3) is 0.333. The van der Waals surface area contributed by atoms with E-state index >= 15 is 0 Å². The van der Waals surface area contributed by atoms with Gasteiger partial charge in [0, 0.05) is 0 Å². The second-order valence-electron chi connectivity index (χ2n) is 3.83. The molecule has 0 atom stereocenters. The van der Waals surface area contributed by atoms with Crippen LogP contribution >= 0.6 is 0 Å². The Morgan fingerprint density at radius 1 is 1.41 bits per heavy atom. The van der Waals surface area contributed by atoms with Crippen LogP contribution in [0.1, 0.15) is 16.7 Å². The molecule has 1 aromatic rings. The van der Waals surface area contributed by atoms with Gasteiger partial charge < -0.3 is 10.5 Å². The van der Waals surface area contributed by atoms with E-state index in [9.17, 15) is 4.79 Å². The Bertz CT molecular complexity index is 418. The summed E-state index contributed by atoms with van der Waals surface area (Å²) >= 11 is 0. The summed E-state index contributed by atoms with van der Waals surface area (Å²) in [5.74, 6) is 0.848. The molecule has 5 heteroatoms. The molecule has 0 spiro atoms. The average molecular weight is 235 g/mol. The third kappa shape index (κ3) is 4.14. The first-order valence-electron chi connectivity index (χ1n) is 5.28. The molecule has 0 radical (unpaired) electrons. The maximum atomic E-state index is 10.3. The number of rotatable bonds is 4. The summed E-state index contributed by atoms with van der Waals surface area (Å²) in [6.07, 6.45) is 1.45. The predicted molar refractivity (Wildman–Crippen MR) is 67.4 cm³/mol. The van der Waals surface area contributed by atoms with Crippen LogP contribution in [0.4, 0.5) is 4.79 Å². The van der Waals surface area contributed by atoms with Crippen LogP contribution in [0, 0.1) is 20.8 Å². The maximum Gasteiger partial charge on any atom is 0.332 e. The van der Waals surface area contributed by atoms with Gasteiger partial charge in [-0.1, -0.05) is 17.7 Å². The molecule has 0 aliphatic heterocycles. The number of nitrogens with two attached hydrogens (primary N) is 1. The highest BCUT2D eigenvalue weighted by atomic mass is 16.5. The van der Waals surface area contributed by atoms with Gasteiger partial charge in [0.1, 0.15) is 12.4 Å². The molecule has 0 heterocycles. The number of nitrogens with one attached hydrogen (secondary N) is 1. The highest BCUT2D eigenvalue weighted by molar-refractivity contribution is 5.73. The number of aryl methyl sites for hydroxylation is 3. The highest BCUT2D eigenvalue weighted by Gasteiger charge is 2.03. The first-order valence-corrected chi connectivity index (χ1v) is 5.28. The summed E-state index contributed by atoms with van der Waals surface area (Å²) in [5, 5.41) is 3.59. The topological polar surface area (TPSA) is 76.7 Å². The summed E-state index contributed by atoms with van der Waals surface area (Å²) in [7, 11) is 0. The lowest BCUT2D eigenvalue weighted by Gasteiger charge is -2.11. The molecule has 17 heavy (non-hydrogen) atoms. The maximum absolute atomic E-state index is 10.3. The van der Waals surface area contributed by atoms with Crippen molar-refractivity contribution in [3.05, 3.63) is 28.8 Å². The number of amides is 2. The van der Waals surface area contributed by atoms with Gasteiger partial charge in [-0.3, -0.25) is 0 Å². The molecule has 3 N–H and O–H groups in total. The first-order chi connectivity index (χ1) is 8.00. The number of hydrogen-bond donors (Lipinski definition) is 2. The van der Waals surface area contributed by atoms with Crippen molar-refractivity contribution >= 4 is 12.2 Å². The monoisotopic (exact) mass is 235 g/mol. The van der Waals surface area contributed by atoms with E-state index in [-0.39, 0.29) is 6.61 Å². The lowest BCUT2D eigenvalue weighted by molar-refractivity contribution is 0.249. The Morgan fingerprint density at radius 2 is 2.00 bits per heavy atom. The number of urea groups is 1. The van der Waals surface area contributed by atoms with E-state index in [0.29, 0.717) is 0 Å². The van der Waals surface area contributed by atoms with Crippen molar-refractivity contribution < 1.29 is 9.53 Å². The molecule has 0 saturated carbocycles. The Labute approximate surface area is 101 Å². The summed E-state index contributed by atoms with van der Waals surface area (Å²) in [6.45, 7) is 6.31. The zero-order valence-electron chi connectivity index (χ0n) is 10.3. The standard InChI is InChI=1S/C12H17N3O2/c1-8-6-9(2)11(10(3)7-8)17-5-4-14-15-12(13)16/h4,6-7H,5H2,1-3H3,(H3,13,15,16). The van der Waals surface area contributed by atoms with E-state index in [1.807, 2.05) is 20.8 Å². The largest absolute Gasteiger partial charge is 0.487 e. The second-order valence-corrected chi connectivity index (χ2v) is 3.83. The number of primary amides is 1. The molecule has 2 amide bonds. The minimum Gasteiger partial charge on any atom is -0.487 e. The van der Waals surface area contributed by atoms with Crippen LogP contribution in [0.15, 0.2) is 17.2 Å². The van der Waals surface area contributed by atoms with Crippen molar-refractivity contribution in [3.8, 4) is 5.75 Å². The lowest BCUT2D eigenvalue weighted by atomic mass is 10.1. The highest BCUT2D eigenvalue weighted by Crippen LogP contribution is 2.24. The van der Waals surface area contributed by atoms with Crippen LogP contribution in [0.2, 0.25) is 0 Å². The van der Waals surface area contributed by atoms with Gasteiger partial charge in [0.05, 0.1) is 6.21 Å². The number of nitrogens with zero attached hydrogens (tertiary/aromatic N) is 1. The fourth-order valence-electron chi connectivity index (χ4n) is 1.66. The molecule has 0 saturated heterocycles. The minimum atomic E-state index is -0.691. The molecule has 5 nitrogen and oxygen atoms in total. The summed E-state index contributed by atoms with van der Waals surface area (Å²) < 4.78 is 5.56. The van der Waals surface area contributed by atoms with E-state index in [0.717, 1.165) is 16.9 Å². The predicted octanol–water partition coefficient (Wildman–Crippen LogP) is 1.64. The Kier molecular flexibility index (Phi) is 4.51. The van der Waals surface area contributed by atoms with Crippen molar-refractivity contribution in [2.45, 2.75) is 20.8 Å². The van der Waals surface area contributed by atoms with Gasteiger partial charge in [0.2, 0.25) is 0 Å². The number of carbonyl (C=O) groups excluding carboxylic acids is 1. The third-order valence-electron chi connectivity index (χ3n) is 2.17. The zero-order valence-corrected chi connectivity index (χ0v) is 10.3. The molecule has 0 bridgehead atoms. The smallest absolute Gasteiger partial charge is 0.332 e. The van der Waals surface area contributed by atoms with Gasteiger partial charge in [0.15, 0.2) is 0 Å². The fourth-order valence-corrected chi connectivity index (χ4v) is 1.66. The molecule has 0 aromatic heterocycles. The van der Waals surface area contributed by atoms with Crippen molar-refractivity contribution in [2.24, 2.45) is 10.8 Å². The quantitative estimate of drug-likeness (QED) is 0.615. The van der Waals surface area contributed by atoms with Crippen LogP contribution in [0.5, 0.6) is 5.75 Å². The molecule has 1 aromatic carbocycles. The van der Waals surface area contributed by atoms with Crippen LogP contribution < -0.4 is 15.9 Å². The van der Waals surface area contributed by atoms with Gasteiger partial charge in [-0.15, -0.1) is 0 Å². The van der Waals surface area contributed by atoms with E-state index in [2.05, 4.69) is 22.7 Å². The zero-order chi connectivity index (χ0) is 12.8. The van der Waals surface area contributed by atoms with Gasteiger partial charge in [-0.25, -0.2) is 10.2 Å². The van der Waals surface area contributed by atoms with Crippen LogP contribution in [-0.4, -0.2) is 18.9 Å². The lowest BCUT2D eigenvalue weighted by Crippen LogP contribution is -2.24. The van der Waals surface area contributed by atoms with Crippen LogP contribution in [0.25, 0.3) is 0 Å². The third-order valence-corrected chi connectivity index (χ3v) is 2.17. The SMILES string of the molecule is Cc1cc(C)c(OCC=NNC(N)=O)c(C)c1. The van der Waals surface area contributed by atoms with Gasteiger partial charge >= 0.3 is 6.03 Å². The molecule has 0 unspecified atom stereocenters. The van der Waals surface area contributed by atoms with Crippen LogP contribution in [-0.2, 0) is 0 Å². The molecule has 1 rings (SSSR count). The summed E-state index contributed by atoms with van der Waals surface area (Å²) in [4.78, 5) is 10.3. The second kappa shape index (κ2) is 5.89. The van der Waals surface area contributed by atoms with E-state index in [1.165, 1.54) is 11.8 Å².